The normalized spacial score (nSPS) is 23.2. The van der Waals surface area contributed by atoms with Gasteiger partial charge in [0, 0.05) is 17.8 Å². The van der Waals surface area contributed by atoms with Crippen LogP contribution in [0, 0.1) is 5.92 Å². The van der Waals surface area contributed by atoms with Gasteiger partial charge in [-0.15, -0.1) is 11.3 Å². The van der Waals surface area contributed by atoms with Crippen molar-refractivity contribution < 1.29 is 9.90 Å². The van der Waals surface area contributed by atoms with Gasteiger partial charge in [-0.05, 0) is 49.5 Å². The van der Waals surface area contributed by atoms with Crippen molar-refractivity contribution >= 4 is 17.2 Å². The van der Waals surface area contributed by atoms with Gasteiger partial charge in [-0.2, -0.15) is 0 Å². The molecular weight excluding hydrogens is 246 g/mol. The second kappa shape index (κ2) is 6.90. The van der Waals surface area contributed by atoms with Crippen LogP contribution in [0.15, 0.2) is 17.5 Å². The predicted octanol–water partition coefficient (Wildman–Crippen LogP) is 2.35. The van der Waals surface area contributed by atoms with E-state index in [1.54, 1.807) is 11.3 Å². The third-order valence-corrected chi connectivity index (χ3v) is 4.44. The highest BCUT2D eigenvalue weighted by molar-refractivity contribution is 7.09. The van der Waals surface area contributed by atoms with Gasteiger partial charge in [0.25, 0.3) is 0 Å². The Labute approximate surface area is 112 Å². The van der Waals surface area contributed by atoms with Gasteiger partial charge in [0.05, 0.1) is 6.10 Å². The molecule has 3 nitrogen and oxygen atoms in total. The van der Waals surface area contributed by atoms with E-state index < -0.39 is 0 Å². The van der Waals surface area contributed by atoms with Gasteiger partial charge < -0.3 is 10.4 Å². The molecular formula is C14H21NO2S. The Kier molecular flexibility index (Phi) is 5.20. The molecule has 0 aliphatic heterocycles. The first-order chi connectivity index (χ1) is 8.74. The summed E-state index contributed by atoms with van der Waals surface area (Å²) in [6.07, 6.45) is 5.14. The van der Waals surface area contributed by atoms with Gasteiger partial charge in [-0.1, -0.05) is 6.07 Å². The number of thiophene rings is 1. The molecule has 0 bridgehead atoms. The standard InChI is InChI=1S/C14H21NO2S/c16-12-7-6-11(9-12)10-15-14(17)5-1-3-13-4-2-8-18-13/h2,4,8,11-12,16H,1,3,5-7,9-10H2,(H,15,17). The van der Waals surface area contributed by atoms with Gasteiger partial charge in [0.1, 0.15) is 0 Å². The summed E-state index contributed by atoms with van der Waals surface area (Å²) in [5.41, 5.74) is 0. The third kappa shape index (κ3) is 4.42. The highest BCUT2D eigenvalue weighted by atomic mass is 32.1. The summed E-state index contributed by atoms with van der Waals surface area (Å²) in [6, 6.07) is 4.16. The zero-order valence-electron chi connectivity index (χ0n) is 10.6. The van der Waals surface area contributed by atoms with E-state index in [1.165, 1.54) is 4.88 Å². The molecule has 1 fully saturated rings. The second-order valence-corrected chi connectivity index (χ2v) is 6.10. The summed E-state index contributed by atoms with van der Waals surface area (Å²) in [7, 11) is 0. The van der Waals surface area contributed by atoms with Crippen LogP contribution in [0.1, 0.15) is 37.0 Å². The highest BCUT2D eigenvalue weighted by Crippen LogP contribution is 2.24. The largest absolute Gasteiger partial charge is 0.393 e. The first-order valence-corrected chi connectivity index (χ1v) is 7.59. The number of rotatable bonds is 6. The summed E-state index contributed by atoms with van der Waals surface area (Å²) in [5, 5.41) is 14.4. The van der Waals surface area contributed by atoms with Gasteiger partial charge in [0.2, 0.25) is 5.91 Å². The minimum atomic E-state index is -0.147. The number of nitrogens with one attached hydrogen (secondary N) is 1. The summed E-state index contributed by atoms with van der Waals surface area (Å²) in [6.45, 7) is 0.731. The summed E-state index contributed by atoms with van der Waals surface area (Å²) in [4.78, 5) is 13.0. The van der Waals surface area contributed by atoms with Crippen molar-refractivity contribution in [3.8, 4) is 0 Å². The number of hydrogen-bond acceptors (Lipinski definition) is 3. The molecule has 1 amide bonds. The van der Waals surface area contributed by atoms with Crippen LogP contribution in [-0.4, -0.2) is 23.7 Å². The van der Waals surface area contributed by atoms with Crippen molar-refractivity contribution in [2.45, 2.75) is 44.6 Å². The molecule has 1 aromatic heterocycles. The maximum absolute atomic E-state index is 11.6. The van der Waals surface area contributed by atoms with Gasteiger partial charge in [0.15, 0.2) is 0 Å². The van der Waals surface area contributed by atoms with E-state index in [0.717, 1.165) is 38.6 Å². The number of carbonyl (C=O) groups is 1. The quantitative estimate of drug-likeness (QED) is 0.831. The molecule has 100 valence electrons. The lowest BCUT2D eigenvalue weighted by atomic mass is 10.1. The molecule has 2 rings (SSSR count). The van der Waals surface area contributed by atoms with Crippen molar-refractivity contribution in [3.63, 3.8) is 0 Å². The lowest BCUT2D eigenvalue weighted by Crippen LogP contribution is -2.28. The van der Waals surface area contributed by atoms with Crippen LogP contribution in [0.25, 0.3) is 0 Å². The molecule has 18 heavy (non-hydrogen) atoms. The lowest BCUT2D eigenvalue weighted by molar-refractivity contribution is -0.121. The minimum absolute atomic E-state index is 0.146. The van der Waals surface area contributed by atoms with E-state index in [2.05, 4.69) is 16.8 Å². The average molecular weight is 267 g/mol. The van der Waals surface area contributed by atoms with Crippen molar-refractivity contribution in [3.05, 3.63) is 22.4 Å². The van der Waals surface area contributed by atoms with Crippen LogP contribution < -0.4 is 5.32 Å². The second-order valence-electron chi connectivity index (χ2n) is 5.07. The fraction of sp³-hybridized carbons (Fsp3) is 0.643. The summed E-state index contributed by atoms with van der Waals surface area (Å²) in [5.74, 6) is 0.620. The average Bonchev–Trinajstić information content (AvgIpc) is 2.98. The Morgan fingerprint density at radius 3 is 3.06 bits per heavy atom. The first-order valence-electron chi connectivity index (χ1n) is 6.71. The van der Waals surface area contributed by atoms with Crippen LogP contribution in [0.3, 0.4) is 0 Å². The van der Waals surface area contributed by atoms with Crippen molar-refractivity contribution in [2.24, 2.45) is 5.92 Å². The molecule has 2 N–H and O–H groups in total. The molecule has 0 aromatic carbocycles. The molecule has 1 heterocycles. The van der Waals surface area contributed by atoms with Crippen molar-refractivity contribution in [1.29, 1.82) is 0 Å². The molecule has 1 aliphatic rings. The van der Waals surface area contributed by atoms with Crippen molar-refractivity contribution in [2.75, 3.05) is 6.54 Å². The smallest absolute Gasteiger partial charge is 0.220 e. The first kappa shape index (κ1) is 13.6. The maximum atomic E-state index is 11.6. The van der Waals surface area contributed by atoms with Gasteiger partial charge in [-0.3, -0.25) is 4.79 Å². The van der Waals surface area contributed by atoms with Crippen LogP contribution in [0.4, 0.5) is 0 Å². The highest BCUT2D eigenvalue weighted by Gasteiger charge is 2.22. The number of aliphatic hydroxyl groups is 1. The Morgan fingerprint density at radius 2 is 2.39 bits per heavy atom. The molecule has 0 spiro atoms. The van der Waals surface area contributed by atoms with E-state index in [9.17, 15) is 9.90 Å². The summed E-state index contributed by atoms with van der Waals surface area (Å²) < 4.78 is 0. The Bertz CT molecular complexity index is 364. The molecule has 1 aromatic rings. The summed E-state index contributed by atoms with van der Waals surface area (Å²) >= 11 is 1.75. The van der Waals surface area contributed by atoms with E-state index in [4.69, 9.17) is 0 Å². The Hall–Kier alpha value is -0.870. The Balaban J connectivity index is 1.55. The van der Waals surface area contributed by atoms with E-state index in [1.807, 2.05) is 6.07 Å². The number of aryl methyl sites for hydroxylation is 1. The van der Waals surface area contributed by atoms with Crippen LogP contribution in [0.2, 0.25) is 0 Å². The minimum Gasteiger partial charge on any atom is -0.393 e. The van der Waals surface area contributed by atoms with Gasteiger partial charge in [-0.25, -0.2) is 0 Å². The van der Waals surface area contributed by atoms with E-state index in [-0.39, 0.29) is 12.0 Å². The van der Waals surface area contributed by atoms with E-state index in [0.29, 0.717) is 12.3 Å². The number of aliphatic hydroxyl groups excluding tert-OH is 1. The topological polar surface area (TPSA) is 49.3 Å². The lowest BCUT2D eigenvalue weighted by Gasteiger charge is -2.10. The molecule has 2 atom stereocenters. The van der Waals surface area contributed by atoms with Crippen molar-refractivity contribution in [1.82, 2.24) is 5.32 Å². The molecule has 1 saturated carbocycles. The van der Waals surface area contributed by atoms with Crippen LogP contribution in [0.5, 0.6) is 0 Å². The maximum Gasteiger partial charge on any atom is 0.220 e. The number of amides is 1. The fourth-order valence-electron chi connectivity index (χ4n) is 2.46. The van der Waals surface area contributed by atoms with Gasteiger partial charge >= 0.3 is 0 Å². The molecule has 2 unspecified atom stereocenters. The van der Waals surface area contributed by atoms with E-state index >= 15 is 0 Å². The molecule has 0 saturated heterocycles. The van der Waals surface area contributed by atoms with Crippen LogP contribution >= 0.6 is 11.3 Å². The SMILES string of the molecule is O=C(CCCc1cccs1)NCC1CCC(O)C1. The predicted molar refractivity (Wildman–Crippen MR) is 73.6 cm³/mol. The fourth-order valence-corrected chi connectivity index (χ4v) is 3.21. The molecule has 4 heteroatoms. The third-order valence-electron chi connectivity index (χ3n) is 3.51. The molecule has 1 aliphatic carbocycles. The monoisotopic (exact) mass is 267 g/mol. The zero-order valence-corrected chi connectivity index (χ0v) is 11.4. The number of hydrogen-bond donors (Lipinski definition) is 2. The molecule has 0 radical (unpaired) electrons. The zero-order chi connectivity index (χ0) is 12.8. The van der Waals surface area contributed by atoms with Crippen LogP contribution in [-0.2, 0) is 11.2 Å². The number of carbonyl (C=O) groups excluding carboxylic acids is 1. The Morgan fingerprint density at radius 1 is 1.50 bits per heavy atom.